The summed E-state index contributed by atoms with van der Waals surface area (Å²) in [6.45, 7) is 3.94. The first-order valence-corrected chi connectivity index (χ1v) is 11.2. The van der Waals surface area contributed by atoms with Crippen molar-refractivity contribution in [2.24, 2.45) is 5.92 Å². The second-order valence-corrected chi connectivity index (χ2v) is 9.41. The van der Waals surface area contributed by atoms with Gasteiger partial charge in [-0.3, -0.25) is 9.59 Å². The molecule has 0 bridgehead atoms. The summed E-state index contributed by atoms with van der Waals surface area (Å²) in [5, 5.41) is 0.546. The predicted octanol–water partition coefficient (Wildman–Crippen LogP) is 3.45. The van der Waals surface area contributed by atoms with Gasteiger partial charge in [-0.2, -0.15) is 0 Å². The maximum Gasteiger partial charge on any atom is 0.264 e. The fraction of sp³-hybridized carbons (Fsp3) is 0.435. The minimum Gasteiger partial charge on any atom is -0.338 e. The average molecular weight is 425 g/mol. The first-order valence-electron chi connectivity index (χ1n) is 10.4. The molecule has 1 amide bonds. The maximum atomic E-state index is 13.2. The van der Waals surface area contributed by atoms with Crippen molar-refractivity contribution in [1.82, 2.24) is 19.8 Å². The molecule has 1 aliphatic rings. The Balaban J connectivity index is 1.49. The van der Waals surface area contributed by atoms with Crippen LogP contribution in [0.25, 0.3) is 10.2 Å². The van der Waals surface area contributed by atoms with Crippen LogP contribution in [0.3, 0.4) is 0 Å². The number of amides is 1. The maximum absolute atomic E-state index is 13.2. The summed E-state index contributed by atoms with van der Waals surface area (Å²) in [4.78, 5) is 38.5. The molecule has 1 saturated heterocycles. The Morgan fingerprint density at radius 1 is 1.23 bits per heavy atom. The van der Waals surface area contributed by atoms with Gasteiger partial charge in [-0.15, -0.1) is 11.3 Å². The van der Waals surface area contributed by atoms with Crippen molar-refractivity contribution in [2.45, 2.75) is 32.7 Å². The monoisotopic (exact) mass is 424 g/mol. The average Bonchev–Trinajstić information content (AvgIpc) is 3.05. The van der Waals surface area contributed by atoms with Gasteiger partial charge in [0.15, 0.2) is 0 Å². The van der Waals surface area contributed by atoms with Gasteiger partial charge < -0.3 is 14.8 Å². The van der Waals surface area contributed by atoms with E-state index in [1.165, 1.54) is 16.9 Å². The highest BCUT2D eigenvalue weighted by atomic mass is 32.1. The summed E-state index contributed by atoms with van der Waals surface area (Å²) in [7, 11) is 3.86. The number of benzene rings is 1. The Kier molecular flexibility index (Phi) is 6.01. The van der Waals surface area contributed by atoms with Crippen LogP contribution in [-0.4, -0.2) is 52.9 Å². The number of thiophene rings is 1. The smallest absolute Gasteiger partial charge is 0.264 e. The lowest BCUT2D eigenvalue weighted by atomic mass is 9.90. The molecule has 0 unspecified atom stereocenters. The van der Waals surface area contributed by atoms with Crippen LogP contribution >= 0.6 is 11.3 Å². The number of nitrogens with one attached hydrogen (secondary N) is 1. The second kappa shape index (κ2) is 8.70. The number of aryl methyl sites for hydroxylation is 1. The van der Waals surface area contributed by atoms with E-state index in [-0.39, 0.29) is 11.5 Å². The molecular weight excluding hydrogens is 396 g/mol. The Morgan fingerprint density at radius 2 is 1.93 bits per heavy atom. The standard InChI is InChI=1S/C23H28N4O2S/c1-15-19-21(28)24-18(14-26(2)3)25-22(19)30-20(15)23(29)27-11-9-17(10-12-27)13-16-7-5-4-6-8-16/h4-8,17H,9-14H2,1-3H3,(H,24,25,28). The number of nitrogens with zero attached hydrogens (tertiary/aromatic N) is 3. The van der Waals surface area contributed by atoms with Gasteiger partial charge in [0.25, 0.3) is 11.5 Å². The quantitative estimate of drug-likeness (QED) is 0.681. The molecular formula is C23H28N4O2S. The molecule has 1 fully saturated rings. The zero-order chi connectivity index (χ0) is 21.3. The van der Waals surface area contributed by atoms with Crippen molar-refractivity contribution in [2.75, 3.05) is 27.2 Å². The Bertz CT molecular complexity index is 1100. The number of H-pyrrole nitrogens is 1. The van der Waals surface area contributed by atoms with Crippen molar-refractivity contribution < 1.29 is 4.79 Å². The zero-order valence-electron chi connectivity index (χ0n) is 17.8. The van der Waals surface area contributed by atoms with Crippen LogP contribution in [0.5, 0.6) is 0 Å². The summed E-state index contributed by atoms with van der Waals surface area (Å²) in [5.74, 6) is 1.26. The number of hydrogen-bond donors (Lipinski definition) is 1. The lowest BCUT2D eigenvalue weighted by molar-refractivity contribution is 0.0695. The molecule has 30 heavy (non-hydrogen) atoms. The lowest BCUT2D eigenvalue weighted by Gasteiger charge is -2.32. The third-order valence-electron chi connectivity index (χ3n) is 5.78. The van der Waals surface area contributed by atoms with E-state index in [4.69, 9.17) is 0 Å². The lowest BCUT2D eigenvalue weighted by Crippen LogP contribution is -2.38. The third kappa shape index (κ3) is 4.32. The molecule has 0 spiro atoms. The van der Waals surface area contributed by atoms with Crippen molar-refractivity contribution in [3.8, 4) is 0 Å². The number of carbonyl (C=O) groups is 1. The van der Waals surface area contributed by atoms with Crippen LogP contribution in [0.15, 0.2) is 35.1 Å². The molecule has 1 aromatic carbocycles. The zero-order valence-corrected chi connectivity index (χ0v) is 18.6. The fourth-order valence-corrected chi connectivity index (χ4v) is 5.37. The van der Waals surface area contributed by atoms with Crippen LogP contribution in [0.1, 0.15) is 39.5 Å². The van der Waals surface area contributed by atoms with Gasteiger partial charge in [0.2, 0.25) is 0 Å². The molecule has 0 aliphatic carbocycles. The van der Waals surface area contributed by atoms with Crippen molar-refractivity contribution in [3.63, 3.8) is 0 Å². The van der Waals surface area contributed by atoms with Gasteiger partial charge in [0, 0.05) is 13.1 Å². The Hall–Kier alpha value is -2.51. The van der Waals surface area contributed by atoms with Gasteiger partial charge in [0.1, 0.15) is 10.7 Å². The minimum atomic E-state index is -0.161. The summed E-state index contributed by atoms with van der Waals surface area (Å²) in [5.41, 5.74) is 1.95. The number of rotatable bonds is 5. The number of fused-ring (bicyclic) bond motifs is 1. The second-order valence-electron chi connectivity index (χ2n) is 8.41. The number of hydrogen-bond acceptors (Lipinski definition) is 5. The van der Waals surface area contributed by atoms with Crippen LogP contribution in [0.2, 0.25) is 0 Å². The summed E-state index contributed by atoms with van der Waals surface area (Å²) in [6, 6.07) is 10.6. The molecule has 0 radical (unpaired) electrons. The number of aromatic nitrogens is 2. The van der Waals surface area contributed by atoms with E-state index in [0.717, 1.165) is 37.9 Å². The molecule has 3 heterocycles. The van der Waals surface area contributed by atoms with Gasteiger partial charge in [0.05, 0.1) is 16.8 Å². The Labute approximate surface area is 180 Å². The van der Waals surface area contributed by atoms with E-state index < -0.39 is 0 Å². The molecule has 1 aliphatic heterocycles. The van der Waals surface area contributed by atoms with Crippen molar-refractivity contribution in [3.05, 3.63) is 62.5 Å². The molecule has 3 aromatic rings. The van der Waals surface area contributed by atoms with Crippen LogP contribution in [-0.2, 0) is 13.0 Å². The largest absolute Gasteiger partial charge is 0.338 e. The van der Waals surface area contributed by atoms with E-state index in [1.54, 1.807) is 0 Å². The molecule has 0 saturated carbocycles. The summed E-state index contributed by atoms with van der Waals surface area (Å²) >= 11 is 1.34. The van der Waals surface area contributed by atoms with E-state index in [1.807, 2.05) is 36.9 Å². The summed E-state index contributed by atoms with van der Waals surface area (Å²) in [6.07, 6.45) is 3.09. The van der Waals surface area contributed by atoms with Gasteiger partial charge >= 0.3 is 0 Å². The highest BCUT2D eigenvalue weighted by Gasteiger charge is 2.27. The van der Waals surface area contributed by atoms with Gasteiger partial charge in [-0.1, -0.05) is 30.3 Å². The summed E-state index contributed by atoms with van der Waals surface area (Å²) < 4.78 is 0. The van der Waals surface area contributed by atoms with E-state index in [0.29, 0.717) is 33.4 Å². The van der Waals surface area contributed by atoms with Gasteiger partial charge in [-0.05, 0) is 57.3 Å². The SMILES string of the molecule is Cc1c(C(=O)N2CCC(Cc3ccccc3)CC2)sc2nc(CN(C)C)[nH]c(=O)c12. The third-order valence-corrected chi connectivity index (χ3v) is 6.95. The van der Waals surface area contributed by atoms with Crippen molar-refractivity contribution in [1.29, 1.82) is 0 Å². The van der Waals surface area contributed by atoms with Gasteiger partial charge in [-0.25, -0.2) is 4.98 Å². The molecule has 158 valence electrons. The predicted molar refractivity (Wildman–Crippen MR) is 121 cm³/mol. The first-order chi connectivity index (χ1) is 14.4. The topological polar surface area (TPSA) is 69.3 Å². The highest BCUT2D eigenvalue weighted by Crippen LogP contribution is 2.30. The number of carbonyl (C=O) groups excluding carboxylic acids is 1. The molecule has 2 aromatic heterocycles. The van der Waals surface area contributed by atoms with Crippen LogP contribution in [0, 0.1) is 12.8 Å². The molecule has 6 nitrogen and oxygen atoms in total. The molecule has 7 heteroatoms. The van der Waals surface area contributed by atoms with Crippen LogP contribution in [0.4, 0.5) is 0 Å². The van der Waals surface area contributed by atoms with Crippen LogP contribution < -0.4 is 5.56 Å². The first kappa shape index (κ1) is 20.8. The normalized spacial score (nSPS) is 15.3. The minimum absolute atomic E-state index is 0.0298. The fourth-order valence-electron chi connectivity index (χ4n) is 4.20. The van der Waals surface area contributed by atoms with E-state index >= 15 is 0 Å². The Morgan fingerprint density at radius 3 is 2.60 bits per heavy atom. The molecule has 0 atom stereocenters. The highest BCUT2D eigenvalue weighted by molar-refractivity contribution is 7.20. The van der Waals surface area contributed by atoms with E-state index in [9.17, 15) is 9.59 Å². The molecule has 4 rings (SSSR count). The van der Waals surface area contributed by atoms with Crippen molar-refractivity contribution >= 4 is 27.5 Å². The number of likely N-dealkylation sites (tertiary alicyclic amines) is 1. The molecule has 1 N–H and O–H groups in total. The number of piperidine rings is 1. The van der Waals surface area contributed by atoms with E-state index in [2.05, 4.69) is 34.2 Å². The number of aromatic amines is 1.